The monoisotopic (exact) mass is 521 g/mol. The van der Waals surface area contributed by atoms with Crippen molar-refractivity contribution in [2.75, 3.05) is 30.3 Å². The third-order valence-corrected chi connectivity index (χ3v) is 8.53. The van der Waals surface area contributed by atoms with E-state index < -0.39 is 0 Å². The molecule has 2 aliphatic rings. The zero-order valence-corrected chi connectivity index (χ0v) is 21.6. The molecule has 3 aromatic heterocycles. The van der Waals surface area contributed by atoms with Gasteiger partial charge >= 0.3 is 0 Å². The molecular formula is C26H28ClN7OS. The number of aromatic nitrogens is 4. The van der Waals surface area contributed by atoms with Gasteiger partial charge in [0.1, 0.15) is 16.5 Å². The SMILES string of the molecule is C[C@@H]1OCC2(CCCN(c3cnc(Sc4ccnc(C#Cc5ccncc5)c4Cl)c(N)n3)CC2)[C@@H]1N. The third kappa shape index (κ3) is 5.13. The molecule has 0 bridgehead atoms. The van der Waals surface area contributed by atoms with Gasteiger partial charge in [-0.1, -0.05) is 29.3 Å². The standard InChI is InChI=1S/C26H28ClN7OS/c1-17-23(28)26(16-35-17)8-2-13-34(14-9-26)21-15-32-25(24(29)33-21)36-20-7-12-31-19(22(20)27)4-3-18-5-10-30-11-6-18/h5-7,10-12,15,17,23H,2,8-9,13-14,16,28H2,1H3,(H2,29,33)/t17-,23+,26?/m0/s1. The first-order valence-corrected chi connectivity index (χ1v) is 13.1. The van der Waals surface area contributed by atoms with Crippen molar-refractivity contribution >= 4 is 35.0 Å². The highest BCUT2D eigenvalue weighted by atomic mass is 35.5. The normalized spacial score (nSPS) is 23.8. The summed E-state index contributed by atoms with van der Waals surface area (Å²) in [5.41, 5.74) is 14.2. The van der Waals surface area contributed by atoms with Crippen LogP contribution >= 0.6 is 23.4 Å². The van der Waals surface area contributed by atoms with Crippen LogP contribution in [-0.4, -0.2) is 51.8 Å². The Labute approximate surface area is 220 Å². The predicted molar refractivity (Wildman–Crippen MR) is 142 cm³/mol. The van der Waals surface area contributed by atoms with Crippen molar-refractivity contribution in [3.8, 4) is 11.8 Å². The van der Waals surface area contributed by atoms with Gasteiger partial charge in [-0.05, 0) is 50.3 Å². The van der Waals surface area contributed by atoms with Crippen LogP contribution in [0, 0.1) is 17.3 Å². The van der Waals surface area contributed by atoms with Gasteiger partial charge in [0.15, 0.2) is 5.82 Å². The topological polar surface area (TPSA) is 116 Å². The van der Waals surface area contributed by atoms with Crippen LogP contribution in [-0.2, 0) is 4.74 Å². The second kappa shape index (κ2) is 10.6. The average Bonchev–Trinajstić information content (AvgIpc) is 3.05. The van der Waals surface area contributed by atoms with Gasteiger partial charge in [0.25, 0.3) is 0 Å². The minimum Gasteiger partial charge on any atom is -0.381 e. The molecule has 3 aromatic rings. The second-order valence-electron chi connectivity index (χ2n) is 9.22. The van der Waals surface area contributed by atoms with E-state index in [1.807, 2.05) is 18.2 Å². The van der Waals surface area contributed by atoms with E-state index in [0.717, 1.165) is 55.2 Å². The summed E-state index contributed by atoms with van der Waals surface area (Å²) in [6.07, 6.45) is 9.99. The van der Waals surface area contributed by atoms with Crippen LogP contribution < -0.4 is 16.4 Å². The van der Waals surface area contributed by atoms with Gasteiger partial charge in [-0.25, -0.2) is 15.0 Å². The second-order valence-corrected chi connectivity index (χ2v) is 10.6. The van der Waals surface area contributed by atoms with Crippen molar-refractivity contribution in [1.29, 1.82) is 0 Å². The van der Waals surface area contributed by atoms with Crippen molar-refractivity contribution < 1.29 is 4.74 Å². The van der Waals surface area contributed by atoms with Crippen molar-refractivity contribution in [2.24, 2.45) is 11.1 Å². The molecule has 3 atom stereocenters. The quantitative estimate of drug-likeness (QED) is 0.496. The molecular weight excluding hydrogens is 494 g/mol. The van der Waals surface area contributed by atoms with Crippen molar-refractivity contribution in [3.05, 3.63) is 59.3 Å². The number of anilines is 2. The predicted octanol–water partition coefficient (Wildman–Crippen LogP) is 3.78. The first-order chi connectivity index (χ1) is 17.4. The summed E-state index contributed by atoms with van der Waals surface area (Å²) >= 11 is 7.97. The summed E-state index contributed by atoms with van der Waals surface area (Å²) in [6, 6.07) is 5.55. The molecule has 186 valence electrons. The summed E-state index contributed by atoms with van der Waals surface area (Å²) in [5, 5.41) is 1.04. The Hall–Kier alpha value is -2.90. The summed E-state index contributed by atoms with van der Waals surface area (Å²) < 4.78 is 5.88. The maximum absolute atomic E-state index is 6.61. The molecule has 5 heterocycles. The van der Waals surface area contributed by atoms with E-state index in [4.69, 9.17) is 27.8 Å². The Kier molecular flexibility index (Phi) is 7.30. The van der Waals surface area contributed by atoms with Crippen LogP contribution in [0.4, 0.5) is 11.6 Å². The first kappa shape index (κ1) is 24.8. The van der Waals surface area contributed by atoms with Gasteiger partial charge in [-0.3, -0.25) is 4.98 Å². The van der Waals surface area contributed by atoms with Crippen molar-refractivity contribution in [2.45, 2.75) is 48.3 Å². The summed E-state index contributed by atoms with van der Waals surface area (Å²) in [4.78, 5) is 20.6. The van der Waals surface area contributed by atoms with E-state index in [1.165, 1.54) is 11.8 Å². The van der Waals surface area contributed by atoms with Crippen LogP contribution in [0.1, 0.15) is 37.4 Å². The number of pyridine rings is 2. The molecule has 1 unspecified atom stereocenters. The maximum atomic E-state index is 6.61. The Balaban J connectivity index is 1.30. The van der Waals surface area contributed by atoms with Crippen molar-refractivity contribution in [3.63, 3.8) is 0 Å². The number of halogens is 1. The Morgan fingerprint density at radius 3 is 2.72 bits per heavy atom. The summed E-state index contributed by atoms with van der Waals surface area (Å²) in [7, 11) is 0. The fraction of sp³-hybridized carbons (Fsp3) is 0.385. The molecule has 10 heteroatoms. The lowest BCUT2D eigenvalue weighted by molar-refractivity contribution is 0.101. The van der Waals surface area contributed by atoms with Crippen LogP contribution in [0.3, 0.4) is 0 Å². The number of hydrogen-bond acceptors (Lipinski definition) is 9. The Morgan fingerprint density at radius 2 is 1.97 bits per heavy atom. The lowest BCUT2D eigenvalue weighted by Gasteiger charge is -2.31. The molecule has 5 rings (SSSR count). The van der Waals surface area contributed by atoms with Gasteiger partial charge in [-0.2, -0.15) is 0 Å². The van der Waals surface area contributed by atoms with Crippen LogP contribution in [0.25, 0.3) is 0 Å². The molecule has 4 N–H and O–H groups in total. The summed E-state index contributed by atoms with van der Waals surface area (Å²) in [5.74, 6) is 7.23. The van der Waals surface area contributed by atoms with Gasteiger partial charge < -0.3 is 21.1 Å². The molecule has 0 aliphatic carbocycles. The van der Waals surface area contributed by atoms with E-state index in [0.29, 0.717) is 21.6 Å². The molecule has 0 aromatic carbocycles. The highest BCUT2D eigenvalue weighted by Crippen LogP contribution is 2.42. The number of nitrogen functional groups attached to an aromatic ring is 1. The molecule has 1 spiro atoms. The number of hydrogen-bond donors (Lipinski definition) is 2. The summed E-state index contributed by atoms with van der Waals surface area (Å²) in [6.45, 7) is 4.53. The highest BCUT2D eigenvalue weighted by molar-refractivity contribution is 7.99. The molecule has 0 amide bonds. The smallest absolute Gasteiger partial charge is 0.158 e. The zero-order chi connectivity index (χ0) is 25.1. The van der Waals surface area contributed by atoms with Crippen LogP contribution in [0.2, 0.25) is 5.02 Å². The number of rotatable bonds is 3. The Bertz CT molecular complexity index is 1300. The zero-order valence-electron chi connectivity index (χ0n) is 20.0. The molecule has 0 saturated carbocycles. The van der Waals surface area contributed by atoms with E-state index >= 15 is 0 Å². The minimum absolute atomic E-state index is 0.0407. The fourth-order valence-electron chi connectivity index (χ4n) is 4.79. The van der Waals surface area contributed by atoms with Gasteiger partial charge in [0, 0.05) is 53.6 Å². The molecule has 0 radical (unpaired) electrons. The Morgan fingerprint density at radius 1 is 1.14 bits per heavy atom. The van der Waals surface area contributed by atoms with Gasteiger partial charge in [0.05, 0.1) is 23.9 Å². The molecule has 36 heavy (non-hydrogen) atoms. The van der Waals surface area contributed by atoms with E-state index in [1.54, 1.807) is 24.8 Å². The van der Waals surface area contributed by atoms with E-state index in [9.17, 15) is 0 Å². The number of nitrogens with two attached hydrogens (primary N) is 2. The number of ether oxygens (including phenoxy) is 1. The first-order valence-electron chi connectivity index (χ1n) is 11.9. The molecule has 8 nitrogen and oxygen atoms in total. The maximum Gasteiger partial charge on any atom is 0.158 e. The number of nitrogens with zero attached hydrogens (tertiary/aromatic N) is 5. The molecule has 2 saturated heterocycles. The lowest BCUT2D eigenvalue weighted by Crippen LogP contribution is -2.44. The van der Waals surface area contributed by atoms with E-state index in [-0.39, 0.29) is 17.6 Å². The third-order valence-electron chi connectivity index (χ3n) is 6.97. The highest BCUT2D eigenvalue weighted by Gasteiger charge is 2.46. The lowest BCUT2D eigenvalue weighted by atomic mass is 9.75. The fourth-order valence-corrected chi connectivity index (χ4v) is 5.85. The molecule has 2 fully saturated rings. The van der Waals surface area contributed by atoms with Crippen LogP contribution in [0.5, 0.6) is 0 Å². The average molecular weight is 522 g/mol. The largest absolute Gasteiger partial charge is 0.381 e. The molecule has 2 aliphatic heterocycles. The van der Waals surface area contributed by atoms with Crippen molar-refractivity contribution in [1.82, 2.24) is 19.9 Å². The van der Waals surface area contributed by atoms with Gasteiger partial charge in [0.2, 0.25) is 0 Å². The van der Waals surface area contributed by atoms with Crippen LogP contribution in [0.15, 0.2) is 52.9 Å². The van der Waals surface area contributed by atoms with E-state index in [2.05, 4.69) is 43.6 Å². The van der Waals surface area contributed by atoms with Gasteiger partial charge in [-0.15, -0.1) is 0 Å². The minimum atomic E-state index is 0.0407.